The maximum atomic E-state index is 12.5. The van der Waals surface area contributed by atoms with Gasteiger partial charge in [-0.2, -0.15) is 0 Å². The molecule has 3 atom stereocenters. The minimum atomic E-state index is -0.653. The number of carbonyl (C=O) groups is 1. The Bertz CT molecular complexity index is 1350. The van der Waals surface area contributed by atoms with E-state index in [1.807, 2.05) is 36.4 Å². The van der Waals surface area contributed by atoms with Gasteiger partial charge in [0.2, 0.25) is 5.75 Å². The summed E-state index contributed by atoms with van der Waals surface area (Å²) < 4.78 is 40.5. The van der Waals surface area contributed by atoms with Crippen molar-refractivity contribution in [3.05, 3.63) is 76.3 Å². The van der Waals surface area contributed by atoms with Crippen molar-refractivity contribution in [1.29, 1.82) is 0 Å². The van der Waals surface area contributed by atoms with Gasteiger partial charge in [0.15, 0.2) is 23.0 Å². The van der Waals surface area contributed by atoms with Crippen molar-refractivity contribution >= 4 is 6.16 Å². The topological polar surface area (TPSA) is 81.7 Å². The number of methoxy groups -OCH3 is 4. The highest BCUT2D eigenvalue weighted by Gasteiger charge is 2.43. The third-order valence-corrected chi connectivity index (χ3v) is 7.86. The summed E-state index contributed by atoms with van der Waals surface area (Å²) in [5.41, 5.74) is 5.36. The van der Waals surface area contributed by atoms with Crippen LogP contribution in [-0.4, -0.2) is 47.3 Å². The molecule has 5 rings (SSSR count). The highest BCUT2D eigenvalue weighted by molar-refractivity contribution is 5.65. The van der Waals surface area contributed by atoms with Crippen LogP contribution in [0, 0.1) is 0 Å². The van der Waals surface area contributed by atoms with Gasteiger partial charge in [0.25, 0.3) is 0 Å². The van der Waals surface area contributed by atoms with Gasteiger partial charge in [0.05, 0.1) is 35.0 Å². The Morgan fingerprint density at radius 1 is 0.825 bits per heavy atom. The van der Waals surface area contributed by atoms with E-state index in [1.54, 1.807) is 35.4 Å². The standard InChI is InChI=1S/C32H36O8/c1-6-38-32(33)40-26-14-24-23-17-29(35-3)31(37-5)30(36-4)21(23)13-12-20(26)22-16-28(27(34-2)15-25(22)24)39-18-19-10-8-7-9-11-19/h7-11,15-17,20,24,26H,6,12-14,18H2,1-5H3/t20-,24-,26+/m0/s1. The molecular weight excluding hydrogens is 512 g/mol. The van der Waals surface area contributed by atoms with E-state index in [0.717, 1.165) is 27.8 Å². The van der Waals surface area contributed by atoms with Crippen LogP contribution >= 0.6 is 0 Å². The van der Waals surface area contributed by atoms with E-state index in [4.69, 9.17) is 33.2 Å². The van der Waals surface area contributed by atoms with E-state index in [-0.39, 0.29) is 24.5 Å². The molecule has 0 fully saturated rings. The minimum absolute atomic E-state index is 0.0772. The Morgan fingerprint density at radius 3 is 2.20 bits per heavy atom. The number of carbonyl (C=O) groups excluding carboxylic acids is 1. The first-order valence-corrected chi connectivity index (χ1v) is 13.6. The van der Waals surface area contributed by atoms with Gasteiger partial charge >= 0.3 is 6.16 Å². The van der Waals surface area contributed by atoms with Crippen LogP contribution in [0.5, 0.6) is 28.7 Å². The SMILES string of the molecule is CCOC(=O)O[C@@H]1C[C@@H]2c3cc(OC)c(OCc4ccccc4)cc3[C@@H]1CCc1c2cc(OC)c(OC)c1OC. The molecule has 0 heterocycles. The summed E-state index contributed by atoms with van der Waals surface area (Å²) in [6.45, 7) is 2.43. The molecule has 0 unspecified atom stereocenters. The Balaban J connectivity index is 1.64. The zero-order valence-corrected chi connectivity index (χ0v) is 23.7. The fraction of sp³-hybridized carbons (Fsp3) is 0.406. The largest absolute Gasteiger partial charge is 0.508 e. The van der Waals surface area contributed by atoms with Crippen LogP contribution in [-0.2, 0) is 22.5 Å². The van der Waals surface area contributed by atoms with E-state index in [9.17, 15) is 4.79 Å². The van der Waals surface area contributed by atoms with Crippen LogP contribution in [0.3, 0.4) is 0 Å². The lowest BCUT2D eigenvalue weighted by molar-refractivity contribution is 0.00713. The summed E-state index contributed by atoms with van der Waals surface area (Å²) in [6.07, 6.45) is 0.968. The van der Waals surface area contributed by atoms with E-state index < -0.39 is 6.16 Å². The van der Waals surface area contributed by atoms with E-state index in [0.29, 0.717) is 54.6 Å². The van der Waals surface area contributed by atoms with Gasteiger partial charge in [-0.05, 0) is 66.6 Å². The lowest BCUT2D eigenvalue weighted by atomic mass is 9.67. The molecule has 0 aromatic heterocycles. The van der Waals surface area contributed by atoms with Crippen LogP contribution in [0.1, 0.15) is 59.4 Å². The molecule has 2 aliphatic carbocycles. The van der Waals surface area contributed by atoms with Crippen LogP contribution < -0.4 is 23.7 Å². The average Bonchev–Trinajstić information content (AvgIpc) is 2.97. The summed E-state index contributed by atoms with van der Waals surface area (Å²) in [5, 5.41) is 0. The molecule has 0 radical (unpaired) electrons. The predicted molar refractivity (Wildman–Crippen MR) is 149 cm³/mol. The molecule has 0 aliphatic heterocycles. The zero-order chi connectivity index (χ0) is 28.2. The monoisotopic (exact) mass is 548 g/mol. The molecular formula is C32H36O8. The Labute approximate surface area is 235 Å². The first-order valence-electron chi connectivity index (χ1n) is 13.6. The maximum absolute atomic E-state index is 12.5. The van der Waals surface area contributed by atoms with Crippen molar-refractivity contribution in [3.63, 3.8) is 0 Å². The normalized spacial score (nSPS) is 18.9. The number of hydrogen-bond donors (Lipinski definition) is 0. The van der Waals surface area contributed by atoms with Gasteiger partial charge in [-0.3, -0.25) is 0 Å². The van der Waals surface area contributed by atoms with Crippen LogP contribution in [0.25, 0.3) is 0 Å². The van der Waals surface area contributed by atoms with Crippen LogP contribution in [0.15, 0.2) is 48.5 Å². The Morgan fingerprint density at radius 2 is 1.52 bits per heavy atom. The molecule has 212 valence electrons. The van der Waals surface area contributed by atoms with Crippen LogP contribution in [0.4, 0.5) is 4.79 Å². The number of ether oxygens (including phenoxy) is 7. The molecule has 0 saturated heterocycles. The summed E-state index contributed by atoms with van der Waals surface area (Å²) in [6, 6.07) is 16.1. The molecule has 40 heavy (non-hydrogen) atoms. The first kappa shape index (κ1) is 27.5. The van der Waals surface area contributed by atoms with Crippen LogP contribution in [0.2, 0.25) is 0 Å². The molecule has 3 aromatic rings. The summed E-state index contributed by atoms with van der Waals surface area (Å²) >= 11 is 0. The smallest absolute Gasteiger partial charge is 0.493 e. The first-order chi connectivity index (χ1) is 19.5. The molecule has 2 bridgehead atoms. The molecule has 0 N–H and O–H groups in total. The molecule has 8 heteroatoms. The minimum Gasteiger partial charge on any atom is -0.493 e. The predicted octanol–water partition coefficient (Wildman–Crippen LogP) is 6.41. The lowest BCUT2D eigenvalue weighted by Crippen LogP contribution is -2.35. The molecule has 0 spiro atoms. The van der Waals surface area contributed by atoms with Crippen molar-refractivity contribution in [2.45, 2.75) is 50.7 Å². The summed E-state index contributed by atoms with van der Waals surface area (Å²) in [7, 11) is 6.52. The fourth-order valence-electron chi connectivity index (χ4n) is 6.09. The molecule has 0 amide bonds. The third kappa shape index (κ3) is 5.10. The summed E-state index contributed by atoms with van der Waals surface area (Å²) in [5.74, 6) is 2.93. The second-order valence-corrected chi connectivity index (χ2v) is 9.89. The van der Waals surface area contributed by atoms with Crippen molar-refractivity contribution in [3.8, 4) is 28.7 Å². The number of benzene rings is 3. The Kier molecular flexibility index (Phi) is 8.24. The van der Waals surface area contributed by atoms with Gasteiger partial charge < -0.3 is 33.2 Å². The number of fused-ring (bicyclic) bond motifs is 2. The second kappa shape index (κ2) is 12.0. The number of rotatable bonds is 9. The summed E-state index contributed by atoms with van der Waals surface area (Å²) in [4.78, 5) is 12.5. The van der Waals surface area contributed by atoms with E-state index >= 15 is 0 Å². The molecule has 8 nitrogen and oxygen atoms in total. The van der Waals surface area contributed by atoms with Crippen molar-refractivity contribution < 1.29 is 38.0 Å². The molecule has 0 saturated carbocycles. The van der Waals surface area contributed by atoms with E-state index in [1.165, 1.54) is 0 Å². The Hall–Kier alpha value is -4.07. The van der Waals surface area contributed by atoms with Gasteiger partial charge in [-0.1, -0.05) is 30.3 Å². The third-order valence-electron chi connectivity index (χ3n) is 7.86. The van der Waals surface area contributed by atoms with Gasteiger partial charge in [0.1, 0.15) is 12.7 Å². The molecule has 2 aliphatic rings. The average molecular weight is 549 g/mol. The molecule has 3 aromatic carbocycles. The fourth-order valence-corrected chi connectivity index (χ4v) is 6.09. The van der Waals surface area contributed by atoms with Gasteiger partial charge in [-0.25, -0.2) is 4.79 Å². The van der Waals surface area contributed by atoms with Crippen molar-refractivity contribution in [1.82, 2.24) is 0 Å². The lowest BCUT2D eigenvalue weighted by Gasteiger charge is -2.41. The van der Waals surface area contributed by atoms with Crippen molar-refractivity contribution in [2.75, 3.05) is 35.0 Å². The highest BCUT2D eigenvalue weighted by Crippen LogP contribution is 2.55. The van der Waals surface area contributed by atoms with Crippen molar-refractivity contribution in [2.24, 2.45) is 0 Å². The second-order valence-electron chi connectivity index (χ2n) is 9.89. The van der Waals surface area contributed by atoms with Gasteiger partial charge in [0, 0.05) is 17.4 Å². The van der Waals surface area contributed by atoms with E-state index in [2.05, 4.69) is 12.1 Å². The maximum Gasteiger partial charge on any atom is 0.508 e. The number of hydrogen-bond acceptors (Lipinski definition) is 8. The highest BCUT2D eigenvalue weighted by atomic mass is 16.7. The van der Waals surface area contributed by atoms with Gasteiger partial charge in [-0.15, -0.1) is 0 Å². The quantitative estimate of drug-likeness (QED) is 0.284. The zero-order valence-electron chi connectivity index (χ0n) is 23.7.